The molecule has 0 saturated carbocycles. The number of benzene rings is 1. The van der Waals surface area contributed by atoms with Crippen LogP contribution in [-0.4, -0.2) is 31.0 Å². The summed E-state index contributed by atoms with van der Waals surface area (Å²) in [5, 5.41) is 12.5. The highest BCUT2D eigenvalue weighted by atomic mass is 19.3. The Bertz CT molecular complexity index is 427. The Kier molecular flexibility index (Phi) is 7.39. The molecule has 0 aliphatic rings. The maximum Gasteiger partial charge on any atom is 0.387 e. The molecule has 0 heterocycles. The lowest BCUT2D eigenvalue weighted by Gasteiger charge is -2.20. The van der Waals surface area contributed by atoms with E-state index in [1.165, 1.54) is 6.07 Å². The summed E-state index contributed by atoms with van der Waals surface area (Å²) in [5.41, 5.74) is 0.874. The molecule has 2 N–H and O–H groups in total. The molecule has 0 spiro atoms. The predicted molar refractivity (Wildman–Crippen MR) is 76.8 cm³/mol. The summed E-state index contributed by atoms with van der Waals surface area (Å²) in [6.07, 6.45) is 0. The van der Waals surface area contributed by atoms with Crippen molar-refractivity contribution >= 4 is 0 Å². The minimum absolute atomic E-state index is 0.0162. The number of alkyl halides is 2. The van der Waals surface area contributed by atoms with Crippen LogP contribution in [-0.2, 0) is 6.54 Å². The zero-order valence-electron chi connectivity index (χ0n) is 12.6. The number of hydrogen-bond acceptors (Lipinski definition) is 4. The van der Waals surface area contributed by atoms with Crippen LogP contribution in [0.1, 0.15) is 26.3 Å². The monoisotopic (exact) mass is 303 g/mol. The topological polar surface area (TPSA) is 50.7 Å². The van der Waals surface area contributed by atoms with Gasteiger partial charge in [0.1, 0.15) is 0 Å². The fraction of sp³-hybridized carbons (Fsp3) is 0.600. The van der Waals surface area contributed by atoms with E-state index in [1.807, 2.05) is 13.8 Å². The third-order valence-corrected chi connectivity index (χ3v) is 3.09. The van der Waals surface area contributed by atoms with Gasteiger partial charge in [0.05, 0.1) is 13.2 Å². The highest BCUT2D eigenvalue weighted by molar-refractivity contribution is 5.43. The third-order valence-electron chi connectivity index (χ3n) is 3.09. The van der Waals surface area contributed by atoms with Crippen LogP contribution in [0.4, 0.5) is 8.78 Å². The minimum atomic E-state index is -2.88. The molecule has 0 bridgehead atoms. The van der Waals surface area contributed by atoms with E-state index >= 15 is 0 Å². The maximum atomic E-state index is 12.3. The summed E-state index contributed by atoms with van der Waals surface area (Å²) in [6, 6.07) is 4.82. The molecule has 0 aromatic heterocycles. The van der Waals surface area contributed by atoms with E-state index in [0.29, 0.717) is 24.8 Å². The number of rotatable bonds is 9. The quantitative estimate of drug-likeness (QED) is 0.736. The number of aliphatic hydroxyl groups excluding tert-OH is 1. The largest absolute Gasteiger partial charge is 0.490 e. The van der Waals surface area contributed by atoms with Crippen LogP contribution in [0.15, 0.2) is 18.2 Å². The van der Waals surface area contributed by atoms with Gasteiger partial charge in [-0.15, -0.1) is 0 Å². The molecule has 1 atom stereocenters. The second kappa shape index (κ2) is 8.79. The van der Waals surface area contributed by atoms with Crippen molar-refractivity contribution in [2.75, 3.05) is 13.2 Å². The highest BCUT2D eigenvalue weighted by Crippen LogP contribution is 2.29. The molecule has 0 radical (unpaired) electrons. The summed E-state index contributed by atoms with van der Waals surface area (Å²) in [7, 11) is 0. The molecule has 6 heteroatoms. The van der Waals surface area contributed by atoms with Gasteiger partial charge in [0.2, 0.25) is 0 Å². The average molecular weight is 303 g/mol. The number of halogens is 2. The minimum Gasteiger partial charge on any atom is -0.490 e. The van der Waals surface area contributed by atoms with E-state index in [4.69, 9.17) is 4.74 Å². The van der Waals surface area contributed by atoms with E-state index in [-0.39, 0.29) is 18.4 Å². The fourth-order valence-electron chi connectivity index (χ4n) is 1.88. The molecular weight excluding hydrogens is 280 g/mol. The van der Waals surface area contributed by atoms with Gasteiger partial charge in [-0.2, -0.15) is 8.78 Å². The van der Waals surface area contributed by atoms with E-state index in [1.54, 1.807) is 19.1 Å². The Morgan fingerprint density at radius 3 is 2.48 bits per heavy atom. The molecule has 0 saturated heterocycles. The zero-order chi connectivity index (χ0) is 15.8. The van der Waals surface area contributed by atoms with Crippen molar-refractivity contribution in [2.24, 2.45) is 5.92 Å². The number of nitrogens with one attached hydrogen (secondary N) is 1. The summed E-state index contributed by atoms with van der Waals surface area (Å²) >= 11 is 0. The molecule has 0 aliphatic carbocycles. The lowest BCUT2D eigenvalue weighted by atomic mass is 10.0. The lowest BCUT2D eigenvalue weighted by Crippen LogP contribution is -2.36. The van der Waals surface area contributed by atoms with Gasteiger partial charge in [0.15, 0.2) is 11.5 Å². The molecule has 0 amide bonds. The van der Waals surface area contributed by atoms with Gasteiger partial charge in [-0.25, -0.2) is 0 Å². The van der Waals surface area contributed by atoms with Crippen molar-refractivity contribution < 1.29 is 23.4 Å². The van der Waals surface area contributed by atoms with Crippen LogP contribution in [0.2, 0.25) is 0 Å². The summed E-state index contributed by atoms with van der Waals surface area (Å²) in [6.45, 7) is 3.84. The normalized spacial score (nSPS) is 12.8. The van der Waals surface area contributed by atoms with Crippen LogP contribution in [0.5, 0.6) is 11.5 Å². The van der Waals surface area contributed by atoms with Crippen molar-refractivity contribution in [3.8, 4) is 11.5 Å². The fourth-order valence-corrected chi connectivity index (χ4v) is 1.88. The summed E-state index contributed by atoms with van der Waals surface area (Å²) < 4.78 is 34.4. The van der Waals surface area contributed by atoms with Gasteiger partial charge in [0, 0.05) is 12.6 Å². The number of aliphatic hydroxyl groups is 1. The molecule has 0 unspecified atom stereocenters. The number of hydrogen-bond donors (Lipinski definition) is 2. The first-order valence-electron chi connectivity index (χ1n) is 7.02. The van der Waals surface area contributed by atoms with E-state index in [9.17, 15) is 13.9 Å². The van der Waals surface area contributed by atoms with Gasteiger partial charge >= 0.3 is 6.61 Å². The first-order valence-corrected chi connectivity index (χ1v) is 7.02. The van der Waals surface area contributed by atoms with E-state index in [0.717, 1.165) is 5.56 Å². The smallest absolute Gasteiger partial charge is 0.387 e. The van der Waals surface area contributed by atoms with Crippen molar-refractivity contribution in [3.05, 3.63) is 23.8 Å². The van der Waals surface area contributed by atoms with Crippen LogP contribution >= 0.6 is 0 Å². The second-order valence-corrected chi connectivity index (χ2v) is 5.01. The Morgan fingerprint density at radius 2 is 1.95 bits per heavy atom. The molecule has 1 rings (SSSR count). The summed E-state index contributed by atoms with van der Waals surface area (Å²) in [4.78, 5) is 0. The van der Waals surface area contributed by atoms with Gasteiger partial charge in [-0.1, -0.05) is 19.9 Å². The first kappa shape index (κ1) is 17.7. The van der Waals surface area contributed by atoms with Crippen LogP contribution in [0.3, 0.4) is 0 Å². The van der Waals surface area contributed by atoms with Gasteiger partial charge in [-0.05, 0) is 30.5 Å². The molecule has 21 heavy (non-hydrogen) atoms. The standard InChI is InChI=1S/C15H23F2NO3/c1-4-20-14-7-11(5-6-13(14)21-15(16)17)8-18-12(9-19)10(2)3/h5-7,10,12,15,18-19H,4,8-9H2,1-3H3/t12-/m1/s1. The van der Waals surface area contributed by atoms with Gasteiger partial charge in [-0.3, -0.25) is 0 Å². The molecular formula is C15H23F2NO3. The van der Waals surface area contributed by atoms with Crippen molar-refractivity contribution in [3.63, 3.8) is 0 Å². The molecule has 0 aliphatic heterocycles. The van der Waals surface area contributed by atoms with E-state index in [2.05, 4.69) is 10.1 Å². The Labute approximate surface area is 124 Å². The van der Waals surface area contributed by atoms with Crippen LogP contribution in [0.25, 0.3) is 0 Å². The van der Waals surface area contributed by atoms with Crippen molar-refractivity contribution in [1.29, 1.82) is 0 Å². The van der Waals surface area contributed by atoms with Crippen molar-refractivity contribution in [1.82, 2.24) is 5.32 Å². The molecule has 4 nitrogen and oxygen atoms in total. The SMILES string of the molecule is CCOc1cc(CN[C@H](CO)C(C)C)ccc1OC(F)F. The van der Waals surface area contributed by atoms with Gasteiger partial charge < -0.3 is 19.9 Å². The lowest BCUT2D eigenvalue weighted by molar-refractivity contribution is -0.0514. The Morgan fingerprint density at radius 1 is 1.24 bits per heavy atom. The zero-order valence-corrected chi connectivity index (χ0v) is 12.6. The molecule has 1 aromatic rings. The third kappa shape index (κ3) is 5.85. The van der Waals surface area contributed by atoms with Crippen LogP contribution < -0.4 is 14.8 Å². The molecule has 120 valence electrons. The molecule has 1 aromatic carbocycles. The number of ether oxygens (including phenoxy) is 2. The summed E-state index contributed by atoms with van der Waals surface area (Å²) in [5.74, 6) is 0.614. The predicted octanol–water partition coefficient (Wildman–Crippen LogP) is 2.79. The van der Waals surface area contributed by atoms with E-state index < -0.39 is 6.61 Å². The second-order valence-electron chi connectivity index (χ2n) is 5.01. The van der Waals surface area contributed by atoms with Crippen LogP contribution in [0, 0.1) is 5.92 Å². The Balaban J connectivity index is 2.77. The average Bonchev–Trinajstić information content (AvgIpc) is 2.41. The highest BCUT2D eigenvalue weighted by Gasteiger charge is 2.14. The molecule has 0 fully saturated rings. The first-order chi connectivity index (χ1) is 9.97. The van der Waals surface area contributed by atoms with Gasteiger partial charge in [0.25, 0.3) is 0 Å². The maximum absolute atomic E-state index is 12.3. The van der Waals surface area contributed by atoms with Crippen molar-refractivity contribution in [2.45, 2.75) is 40.0 Å². The Hall–Kier alpha value is -1.40.